The number of aromatic nitrogens is 4. The minimum atomic E-state index is -0.131. The highest BCUT2D eigenvalue weighted by Gasteiger charge is 2.43. The molecule has 4 nitrogen and oxygen atoms in total. The molecule has 13 aromatic carbocycles. The van der Waals surface area contributed by atoms with Gasteiger partial charge in [0.05, 0.1) is 27.6 Å². The molecular formula is C72H39BN4. The van der Waals surface area contributed by atoms with Gasteiger partial charge in [-0.3, -0.25) is 9.97 Å². The summed E-state index contributed by atoms with van der Waals surface area (Å²) in [5, 5.41) is 22.8. The van der Waals surface area contributed by atoms with Gasteiger partial charge in [0.1, 0.15) is 0 Å². The van der Waals surface area contributed by atoms with Gasteiger partial charge in [-0.05, 0) is 165 Å². The maximum Gasteiger partial charge on any atom is 0.253 e. The van der Waals surface area contributed by atoms with Crippen molar-refractivity contribution in [1.29, 1.82) is 0 Å². The highest BCUT2D eigenvalue weighted by molar-refractivity contribution is 7.02. The fourth-order valence-electron chi connectivity index (χ4n) is 15.0. The maximum absolute atomic E-state index is 4.89. The van der Waals surface area contributed by atoms with E-state index in [1.165, 1.54) is 158 Å². The van der Waals surface area contributed by atoms with Crippen molar-refractivity contribution in [3.8, 4) is 33.6 Å². The van der Waals surface area contributed by atoms with Crippen LogP contribution in [-0.2, 0) is 0 Å². The largest absolute Gasteiger partial charge is 0.310 e. The van der Waals surface area contributed by atoms with E-state index in [1.54, 1.807) is 0 Å². The van der Waals surface area contributed by atoms with E-state index in [2.05, 4.69) is 234 Å². The zero-order valence-corrected chi connectivity index (χ0v) is 41.4. The first-order chi connectivity index (χ1) is 38.2. The van der Waals surface area contributed by atoms with Gasteiger partial charge in [-0.2, -0.15) is 0 Å². The Labute approximate surface area is 440 Å². The van der Waals surface area contributed by atoms with Crippen molar-refractivity contribution in [1.82, 2.24) is 19.1 Å². The third-order valence-electron chi connectivity index (χ3n) is 17.9. The van der Waals surface area contributed by atoms with Crippen LogP contribution in [0.15, 0.2) is 237 Å². The number of pyridine rings is 2. The summed E-state index contributed by atoms with van der Waals surface area (Å²) in [6.07, 6.45) is 3.94. The Kier molecular flexibility index (Phi) is 7.53. The van der Waals surface area contributed by atoms with Crippen molar-refractivity contribution in [3.05, 3.63) is 237 Å². The van der Waals surface area contributed by atoms with E-state index in [9.17, 15) is 0 Å². The summed E-state index contributed by atoms with van der Waals surface area (Å²) in [6, 6.07) is 84.6. The minimum Gasteiger partial charge on any atom is -0.310 e. The number of hydrogen-bond acceptors (Lipinski definition) is 2. The van der Waals surface area contributed by atoms with Gasteiger partial charge in [0.2, 0.25) is 0 Å². The normalized spacial score (nSPS) is 12.9. The molecule has 0 radical (unpaired) electrons. The molecular weight excluding hydrogens is 932 g/mol. The standard InChI is InChI=1S/C72H39BN4/c1-3-18-48-44(14-1)46-16-5-7-22-52(46)66-54(48)29-31-63-68(66)58-39-56-49-19-4-2-15-45(49)47-17-6-8-23-53(47)67(56)70-72(58)77(63)65-27-13-26-64-69(65)73(70)59-38-41(43-33-35-75-61-25-12-10-21-51(43)61)37-57-55-36-40(28-30-62(55)76(64)71(57)59)42-32-34-74-60-24-11-9-20-50(42)60/h1-39H. The molecule has 0 fully saturated rings. The molecule has 2 aliphatic rings. The molecule has 5 heteroatoms. The average Bonchev–Trinajstić information content (AvgIpc) is 4.26. The zero-order valence-electron chi connectivity index (χ0n) is 41.4. The Morgan fingerprint density at radius 1 is 0.286 bits per heavy atom. The number of para-hydroxylation sites is 2. The molecule has 0 saturated carbocycles. The molecule has 2 aliphatic heterocycles. The van der Waals surface area contributed by atoms with Gasteiger partial charge >= 0.3 is 0 Å². The van der Waals surface area contributed by atoms with Crippen LogP contribution in [0.2, 0.25) is 0 Å². The summed E-state index contributed by atoms with van der Waals surface area (Å²) in [4.78, 5) is 9.67. The third-order valence-corrected chi connectivity index (χ3v) is 17.9. The zero-order chi connectivity index (χ0) is 49.8. The highest BCUT2D eigenvalue weighted by Crippen LogP contribution is 2.49. The van der Waals surface area contributed by atoms with E-state index in [0.717, 1.165) is 21.8 Å². The summed E-state index contributed by atoms with van der Waals surface area (Å²) in [5.41, 5.74) is 18.2. The van der Waals surface area contributed by atoms with Crippen LogP contribution < -0.4 is 16.4 Å². The molecule has 0 amide bonds. The summed E-state index contributed by atoms with van der Waals surface area (Å²) >= 11 is 0. The monoisotopic (exact) mass is 970 g/mol. The molecule has 0 N–H and O–H groups in total. The maximum atomic E-state index is 4.89. The van der Waals surface area contributed by atoms with Gasteiger partial charge in [-0.1, -0.05) is 158 Å². The van der Waals surface area contributed by atoms with Crippen LogP contribution in [0.3, 0.4) is 0 Å². The molecule has 0 saturated heterocycles. The van der Waals surface area contributed by atoms with Crippen molar-refractivity contribution in [3.63, 3.8) is 0 Å². The van der Waals surface area contributed by atoms with Crippen molar-refractivity contribution in [2.24, 2.45) is 0 Å². The first-order valence-electron chi connectivity index (χ1n) is 26.8. The number of hydrogen-bond donors (Lipinski definition) is 0. The Bertz CT molecular complexity index is 5560. The Balaban J connectivity index is 1.05. The van der Waals surface area contributed by atoms with Crippen LogP contribution in [-0.4, -0.2) is 25.8 Å². The number of benzene rings is 13. The predicted octanol–water partition coefficient (Wildman–Crippen LogP) is 16.4. The van der Waals surface area contributed by atoms with Crippen molar-refractivity contribution in [2.75, 3.05) is 0 Å². The second-order valence-corrected chi connectivity index (χ2v) is 21.4. The van der Waals surface area contributed by atoms with Crippen molar-refractivity contribution >= 4 is 153 Å². The molecule has 17 aromatic rings. The van der Waals surface area contributed by atoms with Crippen LogP contribution in [0, 0.1) is 0 Å². The Morgan fingerprint density at radius 3 is 1.42 bits per heavy atom. The quantitative estimate of drug-likeness (QED) is 0.128. The lowest BCUT2D eigenvalue weighted by Crippen LogP contribution is -2.59. The summed E-state index contributed by atoms with van der Waals surface area (Å²) in [7, 11) is 0. The van der Waals surface area contributed by atoms with Crippen molar-refractivity contribution < 1.29 is 0 Å². The molecule has 0 atom stereocenters. The number of nitrogens with zero attached hydrogens (tertiary/aromatic N) is 4. The van der Waals surface area contributed by atoms with E-state index in [1.807, 2.05) is 12.4 Å². The second kappa shape index (κ2) is 14.4. The van der Waals surface area contributed by atoms with Gasteiger partial charge in [0.25, 0.3) is 6.71 Å². The topological polar surface area (TPSA) is 35.6 Å². The van der Waals surface area contributed by atoms with Gasteiger partial charge in [0, 0.05) is 67.0 Å². The van der Waals surface area contributed by atoms with E-state index in [4.69, 9.17) is 9.97 Å². The lowest BCUT2D eigenvalue weighted by Gasteiger charge is -2.35. The van der Waals surface area contributed by atoms with E-state index < -0.39 is 0 Å². The Morgan fingerprint density at radius 2 is 0.779 bits per heavy atom. The molecule has 0 spiro atoms. The van der Waals surface area contributed by atoms with Crippen LogP contribution in [0.25, 0.3) is 164 Å². The summed E-state index contributed by atoms with van der Waals surface area (Å²) < 4.78 is 5.28. The molecule has 350 valence electrons. The number of rotatable bonds is 2. The molecule has 0 bridgehead atoms. The predicted molar refractivity (Wildman–Crippen MR) is 326 cm³/mol. The number of fused-ring (bicyclic) bond motifs is 26. The first kappa shape index (κ1) is 40.3. The van der Waals surface area contributed by atoms with Crippen LogP contribution >= 0.6 is 0 Å². The first-order valence-corrected chi connectivity index (χ1v) is 26.8. The smallest absolute Gasteiger partial charge is 0.253 e. The van der Waals surface area contributed by atoms with Crippen LogP contribution in [0.1, 0.15) is 0 Å². The fourth-order valence-corrected chi connectivity index (χ4v) is 15.0. The van der Waals surface area contributed by atoms with Gasteiger partial charge in [-0.25, -0.2) is 0 Å². The Hall–Kier alpha value is -10.1. The molecule has 6 heterocycles. The van der Waals surface area contributed by atoms with E-state index in [0.29, 0.717) is 0 Å². The fraction of sp³-hybridized carbons (Fsp3) is 0. The molecule has 0 aliphatic carbocycles. The average molecular weight is 971 g/mol. The minimum absolute atomic E-state index is 0.131. The lowest BCUT2D eigenvalue weighted by atomic mass is 9.33. The molecule has 77 heavy (non-hydrogen) atoms. The van der Waals surface area contributed by atoms with Crippen LogP contribution in [0.5, 0.6) is 0 Å². The van der Waals surface area contributed by atoms with Gasteiger partial charge < -0.3 is 9.13 Å². The SMILES string of the molecule is c1cc2c3c(c1)-n1c4ccc5c6ccccc6c6ccccc6c5c4c4cc5c6ccccc6c6ccccc6c5c(c41)B3c1cc(-c3ccnc4ccccc34)cc3c4cc(-c5ccnc6ccccc56)ccc4n-2c13. The lowest BCUT2D eigenvalue weighted by molar-refractivity contribution is 1.14. The van der Waals surface area contributed by atoms with Crippen molar-refractivity contribution in [2.45, 2.75) is 0 Å². The van der Waals surface area contributed by atoms with Crippen LogP contribution in [0.4, 0.5) is 0 Å². The second-order valence-electron chi connectivity index (χ2n) is 21.4. The van der Waals surface area contributed by atoms with E-state index in [-0.39, 0.29) is 6.71 Å². The summed E-state index contributed by atoms with van der Waals surface area (Å²) in [6.45, 7) is -0.131. The molecule has 0 unspecified atom stereocenters. The van der Waals surface area contributed by atoms with Gasteiger partial charge in [-0.15, -0.1) is 0 Å². The molecule has 19 rings (SSSR count). The van der Waals surface area contributed by atoms with Gasteiger partial charge in [0.15, 0.2) is 0 Å². The summed E-state index contributed by atoms with van der Waals surface area (Å²) in [5.74, 6) is 0. The molecule has 4 aromatic heterocycles. The third kappa shape index (κ3) is 5.00. The van der Waals surface area contributed by atoms with E-state index >= 15 is 0 Å². The highest BCUT2D eigenvalue weighted by atomic mass is 15.0.